The number of aromatic amines is 1. The summed E-state index contributed by atoms with van der Waals surface area (Å²) in [6.45, 7) is 57.6. The topological polar surface area (TPSA) is 55.7 Å². The molecule has 4 nitrogen and oxygen atoms in total. The van der Waals surface area contributed by atoms with Crippen LogP contribution in [0, 0.1) is 62.3 Å². The van der Waals surface area contributed by atoms with Gasteiger partial charge in [-0.3, -0.25) is 9.97 Å². The summed E-state index contributed by atoms with van der Waals surface area (Å²) in [5.74, 6) is 0. The van der Waals surface area contributed by atoms with Gasteiger partial charge in [0.2, 0.25) is 0 Å². The molecule has 0 saturated heterocycles. The molecule has 0 bridgehead atoms. The minimum atomic E-state index is 0. The van der Waals surface area contributed by atoms with E-state index in [1.54, 1.807) is 0 Å². The van der Waals surface area contributed by atoms with Crippen LogP contribution in [0.5, 0.6) is 0 Å². The van der Waals surface area contributed by atoms with Gasteiger partial charge in [-0.05, 0) is 178 Å². The van der Waals surface area contributed by atoms with Crippen molar-refractivity contribution in [1.29, 1.82) is 0 Å². The number of hydrogen-bond donors (Lipinski definition) is 1. The standard InChI is InChI=1S/C32H34N2.C32H33N2.7C7H7.2Hf/c2*1-20-14-15-33-29(16-20)27-12-13-28(34-27)30-25-18-23(31(2,3)4)10-8-21(25)17-22-9-11-24(19-26(22)30)32(5,6)7;7*1-7-5-3-2-4-6-7;;/h8-19,34H,1-7H3;8-19H,1-7H3;7*2-6H,1H2;;/q;8*-1;;+4. The van der Waals surface area contributed by atoms with Gasteiger partial charge in [0.15, 0.2) is 0 Å². The van der Waals surface area contributed by atoms with E-state index in [4.69, 9.17) is 4.98 Å². The number of rotatable bonds is 4. The van der Waals surface area contributed by atoms with Crippen molar-refractivity contribution < 1.29 is 51.7 Å². The Bertz CT molecular complexity index is 5120. The molecule has 4 aromatic heterocycles. The molecule has 17 aromatic rings. The summed E-state index contributed by atoms with van der Waals surface area (Å²) in [4.78, 5) is 18.0. The normalized spacial score (nSPS) is 10.7. The summed E-state index contributed by atoms with van der Waals surface area (Å²) in [7, 11) is 0. The molecule has 0 aliphatic carbocycles. The van der Waals surface area contributed by atoms with Crippen molar-refractivity contribution in [3.05, 3.63) is 479 Å². The van der Waals surface area contributed by atoms with Crippen LogP contribution >= 0.6 is 0 Å². The Morgan fingerprint density at radius 2 is 0.496 bits per heavy atom. The molecule has 0 spiro atoms. The van der Waals surface area contributed by atoms with Crippen molar-refractivity contribution in [2.75, 3.05) is 0 Å². The summed E-state index contributed by atoms with van der Waals surface area (Å²) in [6.07, 6.45) is 3.74. The van der Waals surface area contributed by atoms with Gasteiger partial charge in [0.1, 0.15) is 0 Å². The summed E-state index contributed by atoms with van der Waals surface area (Å²) < 4.78 is 0. The Balaban J connectivity index is 0.000000208. The third kappa shape index (κ3) is 29.6. The SMILES string of the molecule is Cc1ccnc(-c2ccc(-c3c4cc(C(C)(C)C)ccc4cc4ccc(C(C)(C)C)cc34)[n-]2)c1.Cc1ccnc(-c2ccc(-c3c4cc(C(C)(C)C)ccc4cc4ccc(C(C)(C)C)cc34)[nH]2)c1.[CH2-]c1ccccc1.[CH2-]c1ccccc1.[CH2-]c1ccccc1.[CH2-]c1ccccc1.[CH2-]c1ccccc1.[CH2-]c1ccccc1.[CH2-]c1ccccc1.[Hf+4].[Hf]. The van der Waals surface area contributed by atoms with Crippen molar-refractivity contribution >= 4 is 43.1 Å². The minimum Gasteiger partial charge on any atom is -0.656 e. The average molecular weight is 1890 g/mol. The molecule has 17 rings (SSSR count). The number of aromatic nitrogens is 4. The fourth-order valence-corrected chi connectivity index (χ4v) is 12.7. The molecule has 600 valence electrons. The molecule has 4 heterocycles. The van der Waals surface area contributed by atoms with Gasteiger partial charge < -0.3 is 9.97 Å². The zero-order chi connectivity index (χ0) is 84.3. The van der Waals surface area contributed by atoms with Crippen LogP contribution < -0.4 is 4.98 Å². The van der Waals surface area contributed by atoms with E-state index in [2.05, 4.69) is 282 Å². The van der Waals surface area contributed by atoms with Crippen molar-refractivity contribution in [2.24, 2.45) is 0 Å². The molecule has 119 heavy (non-hydrogen) atoms. The molecule has 0 amide bonds. The molecule has 6 heteroatoms. The summed E-state index contributed by atoms with van der Waals surface area (Å²) >= 11 is 0. The number of aryl methyl sites for hydroxylation is 2. The van der Waals surface area contributed by atoms with E-state index in [9.17, 15) is 0 Å². The third-order valence-corrected chi connectivity index (χ3v) is 19.5. The van der Waals surface area contributed by atoms with E-state index in [1.165, 1.54) is 87.6 Å². The first-order chi connectivity index (χ1) is 55.8. The largest absolute Gasteiger partial charge is 4.00 e. The van der Waals surface area contributed by atoms with Crippen molar-refractivity contribution in [3.8, 4) is 45.3 Å². The van der Waals surface area contributed by atoms with Crippen LogP contribution in [-0.4, -0.2) is 15.0 Å². The van der Waals surface area contributed by atoms with Gasteiger partial charge in [-0.25, -0.2) is 0 Å². The number of pyridine rings is 2. The van der Waals surface area contributed by atoms with Crippen LogP contribution in [0.2, 0.25) is 0 Å². The number of benzene rings is 13. The molecule has 0 atom stereocenters. The predicted molar refractivity (Wildman–Crippen MR) is 508 cm³/mol. The fraction of sp³-hybridized carbons (Fsp3) is 0.159. The molecular formula is C113H116Hf2N4-4. The van der Waals surface area contributed by atoms with E-state index >= 15 is 0 Å². The first-order valence-corrected chi connectivity index (χ1v) is 40.1. The van der Waals surface area contributed by atoms with E-state index < -0.39 is 0 Å². The zero-order valence-corrected chi connectivity index (χ0v) is 79.5. The second-order valence-electron chi connectivity index (χ2n) is 33.6. The third-order valence-electron chi connectivity index (χ3n) is 19.5. The second-order valence-corrected chi connectivity index (χ2v) is 33.6. The maximum absolute atomic E-state index is 5.11. The van der Waals surface area contributed by atoms with Gasteiger partial charge in [0, 0.05) is 55.2 Å². The molecule has 0 fully saturated rings. The van der Waals surface area contributed by atoms with E-state index in [0.717, 1.165) is 73.1 Å². The van der Waals surface area contributed by atoms with Crippen LogP contribution in [0.4, 0.5) is 0 Å². The van der Waals surface area contributed by atoms with Gasteiger partial charge in [0.25, 0.3) is 0 Å². The Labute approximate surface area is 751 Å². The molecular weight excluding hydrogens is 1770 g/mol. The maximum atomic E-state index is 5.11. The first kappa shape index (κ1) is 94.7. The maximum Gasteiger partial charge on any atom is 4.00 e. The minimum absolute atomic E-state index is 0. The fourth-order valence-electron chi connectivity index (χ4n) is 12.7. The summed E-state index contributed by atoms with van der Waals surface area (Å²) in [5, 5.41) is 10.1. The van der Waals surface area contributed by atoms with Crippen LogP contribution in [0.1, 0.15) is 155 Å². The average Bonchev–Trinajstić information content (AvgIpc) is 1.71. The number of fused-ring (bicyclic) bond motifs is 4. The molecule has 0 aliphatic rings. The van der Waals surface area contributed by atoms with Crippen LogP contribution in [-0.2, 0) is 73.3 Å². The predicted octanol–water partition coefficient (Wildman–Crippen LogP) is 30.6. The monoisotopic (exact) mass is 1890 g/mol. The second kappa shape index (κ2) is 45.0. The quantitative estimate of drug-likeness (QED) is 0.109. The molecule has 0 radical (unpaired) electrons. The molecule has 0 unspecified atom stereocenters. The zero-order valence-electron chi connectivity index (χ0n) is 72.4. The Morgan fingerprint density at radius 3 is 0.748 bits per heavy atom. The number of hydrogen-bond acceptors (Lipinski definition) is 2. The van der Waals surface area contributed by atoms with Gasteiger partial charge in [0.05, 0.1) is 11.4 Å². The first-order valence-electron chi connectivity index (χ1n) is 40.1. The smallest absolute Gasteiger partial charge is 0.656 e. The molecule has 0 saturated carbocycles. The van der Waals surface area contributed by atoms with Crippen molar-refractivity contribution in [1.82, 2.24) is 19.9 Å². The molecule has 1 N–H and O–H groups in total. The number of H-pyrrole nitrogens is 1. The van der Waals surface area contributed by atoms with E-state index in [0.29, 0.717) is 0 Å². The van der Waals surface area contributed by atoms with E-state index in [-0.39, 0.29) is 73.3 Å². The Hall–Kier alpha value is -11.4. The van der Waals surface area contributed by atoms with Gasteiger partial charge in [-0.2, -0.15) is 172 Å². The molecule has 0 aliphatic heterocycles. The number of nitrogens with one attached hydrogen (secondary N) is 1. The molecule has 13 aromatic carbocycles. The van der Waals surface area contributed by atoms with Crippen LogP contribution in [0.25, 0.3) is 88.4 Å². The summed E-state index contributed by atoms with van der Waals surface area (Å²) in [6, 6.07) is 118. The van der Waals surface area contributed by atoms with Crippen LogP contribution in [0.15, 0.2) is 358 Å². The van der Waals surface area contributed by atoms with Crippen molar-refractivity contribution in [3.63, 3.8) is 0 Å². The van der Waals surface area contributed by atoms with Gasteiger partial charge in [-0.15, -0.1) is 96.3 Å². The van der Waals surface area contributed by atoms with Gasteiger partial charge in [-0.1, -0.05) is 198 Å². The Kier molecular flexibility index (Phi) is 35.8. The van der Waals surface area contributed by atoms with Gasteiger partial charge >= 0.3 is 25.8 Å². The van der Waals surface area contributed by atoms with Crippen LogP contribution in [0.3, 0.4) is 0 Å². The number of nitrogens with zero attached hydrogens (tertiary/aromatic N) is 3. The summed E-state index contributed by atoms with van der Waals surface area (Å²) in [5.41, 5.74) is 24.0. The Morgan fingerprint density at radius 1 is 0.252 bits per heavy atom. The van der Waals surface area contributed by atoms with Crippen molar-refractivity contribution in [2.45, 2.75) is 119 Å². The van der Waals surface area contributed by atoms with E-state index in [1.807, 2.05) is 237 Å².